The van der Waals surface area contributed by atoms with Crippen molar-refractivity contribution in [1.29, 1.82) is 0 Å². The molecule has 7 heteroatoms. The molecule has 152 valence electrons. The lowest BCUT2D eigenvalue weighted by Gasteiger charge is -2.41. The van der Waals surface area contributed by atoms with Gasteiger partial charge >= 0.3 is 0 Å². The van der Waals surface area contributed by atoms with Gasteiger partial charge in [0.2, 0.25) is 18.6 Å². The minimum absolute atomic E-state index is 0.164. The highest BCUT2D eigenvalue weighted by molar-refractivity contribution is 5.95. The van der Waals surface area contributed by atoms with Crippen LogP contribution in [-0.2, 0) is 16.0 Å². The third-order valence-electron chi connectivity index (χ3n) is 5.82. The zero-order valence-corrected chi connectivity index (χ0v) is 16.5. The van der Waals surface area contributed by atoms with Crippen molar-refractivity contribution >= 4 is 22.7 Å². The first-order valence-corrected chi connectivity index (χ1v) is 9.77. The van der Waals surface area contributed by atoms with Gasteiger partial charge in [-0.05, 0) is 35.4 Å². The lowest BCUT2D eigenvalue weighted by Crippen LogP contribution is -2.53. The highest BCUT2D eigenvalue weighted by Gasteiger charge is 2.42. The molecule has 2 atom stereocenters. The third kappa shape index (κ3) is 2.66. The van der Waals surface area contributed by atoms with E-state index in [0.717, 1.165) is 27.7 Å². The maximum Gasteiger partial charge on any atom is 0.247 e. The first kappa shape index (κ1) is 18.3. The van der Waals surface area contributed by atoms with Crippen molar-refractivity contribution in [3.8, 4) is 11.5 Å². The van der Waals surface area contributed by atoms with Gasteiger partial charge in [-0.15, -0.1) is 0 Å². The van der Waals surface area contributed by atoms with Crippen LogP contribution < -0.4 is 14.8 Å². The number of ether oxygens (including phenoxy) is 2. The van der Waals surface area contributed by atoms with E-state index in [2.05, 4.69) is 16.9 Å². The van der Waals surface area contributed by atoms with Crippen LogP contribution in [0.1, 0.15) is 22.9 Å². The summed E-state index contributed by atoms with van der Waals surface area (Å²) in [6, 6.07) is 12.4. The average molecular weight is 403 g/mol. The Hall–Kier alpha value is -3.74. The monoisotopic (exact) mass is 403 g/mol. The van der Waals surface area contributed by atoms with Gasteiger partial charge in [-0.3, -0.25) is 9.59 Å². The number of para-hydroxylation sites is 1. The molecule has 2 amide bonds. The number of carbonyl (C=O) groups is 2. The summed E-state index contributed by atoms with van der Waals surface area (Å²) in [7, 11) is 1.58. The fourth-order valence-electron chi connectivity index (χ4n) is 4.47. The van der Waals surface area contributed by atoms with E-state index in [0.29, 0.717) is 17.9 Å². The SMILES string of the molecule is C=CC(=O)N1[C@H](c2ccc3c(c2)OCO3)c2[nH]c3ccccc3c2C[C@H]1C(=O)NC. The van der Waals surface area contributed by atoms with Crippen LogP contribution in [-0.4, -0.2) is 41.6 Å². The predicted molar refractivity (Wildman–Crippen MR) is 111 cm³/mol. The normalized spacial score (nSPS) is 19.4. The van der Waals surface area contributed by atoms with Gasteiger partial charge in [0.15, 0.2) is 11.5 Å². The number of H-pyrrole nitrogens is 1. The van der Waals surface area contributed by atoms with Crippen LogP contribution in [0.15, 0.2) is 55.1 Å². The zero-order chi connectivity index (χ0) is 20.8. The molecule has 0 fully saturated rings. The van der Waals surface area contributed by atoms with Crippen molar-refractivity contribution in [3.05, 3.63) is 71.9 Å². The highest BCUT2D eigenvalue weighted by Crippen LogP contribution is 2.43. The lowest BCUT2D eigenvalue weighted by atomic mass is 9.87. The summed E-state index contributed by atoms with van der Waals surface area (Å²) in [5.41, 5.74) is 3.73. The van der Waals surface area contributed by atoms with E-state index >= 15 is 0 Å². The van der Waals surface area contributed by atoms with Gasteiger partial charge in [-0.2, -0.15) is 0 Å². The first-order chi connectivity index (χ1) is 14.6. The number of rotatable bonds is 3. The van der Waals surface area contributed by atoms with E-state index in [1.54, 1.807) is 11.9 Å². The number of nitrogens with zero attached hydrogens (tertiary/aromatic N) is 1. The number of likely N-dealkylation sites (N-methyl/N-ethyl adjacent to an activating group) is 1. The maximum atomic E-state index is 13.0. The number of nitrogens with one attached hydrogen (secondary N) is 2. The van der Waals surface area contributed by atoms with Crippen LogP contribution in [0, 0.1) is 0 Å². The molecule has 2 N–H and O–H groups in total. The summed E-state index contributed by atoms with van der Waals surface area (Å²) in [4.78, 5) is 30.9. The van der Waals surface area contributed by atoms with Gasteiger partial charge < -0.3 is 24.7 Å². The second-order valence-corrected chi connectivity index (χ2v) is 7.36. The number of amides is 2. The number of hydrogen-bond acceptors (Lipinski definition) is 4. The number of carbonyl (C=O) groups excluding carboxylic acids is 2. The van der Waals surface area contributed by atoms with Gasteiger partial charge in [-0.1, -0.05) is 30.8 Å². The standard InChI is InChI=1S/C23H21N3O4/c1-3-20(27)26-17(23(28)24-2)11-15-14-6-4-5-7-16(14)25-21(15)22(26)13-8-9-18-19(10-13)30-12-29-18/h3-10,17,22,25H,1,11-12H2,2H3,(H,24,28)/t17-,22+/m0/s1. The molecule has 2 aliphatic rings. The number of fused-ring (bicyclic) bond motifs is 4. The molecule has 5 rings (SSSR count). The van der Waals surface area contributed by atoms with Crippen molar-refractivity contribution in [2.24, 2.45) is 0 Å². The largest absolute Gasteiger partial charge is 0.454 e. The van der Waals surface area contributed by atoms with Gasteiger partial charge in [0, 0.05) is 30.1 Å². The fourth-order valence-corrected chi connectivity index (χ4v) is 4.47. The molecule has 0 saturated heterocycles. The Labute approximate surface area is 173 Å². The second-order valence-electron chi connectivity index (χ2n) is 7.36. The van der Waals surface area contributed by atoms with Gasteiger partial charge in [0.05, 0.1) is 6.04 Å². The number of hydrogen-bond donors (Lipinski definition) is 2. The van der Waals surface area contributed by atoms with Crippen LogP contribution in [0.25, 0.3) is 10.9 Å². The summed E-state index contributed by atoms with van der Waals surface area (Å²) in [6.45, 7) is 3.83. The van der Waals surface area contributed by atoms with E-state index in [-0.39, 0.29) is 18.6 Å². The highest BCUT2D eigenvalue weighted by atomic mass is 16.7. The summed E-state index contributed by atoms with van der Waals surface area (Å²) in [5, 5.41) is 3.76. The molecule has 7 nitrogen and oxygen atoms in total. The fraction of sp³-hybridized carbons (Fsp3) is 0.217. The molecular formula is C23H21N3O4. The first-order valence-electron chi connectivity index (χ1n) is 9.77. The number of aromatic nitrogens is 1. The van der Waals surface area contributed by atoms with Crippen LogP contribution in [0.2, 0.25) is 0 Å². The van der Waals surface area contributed by atoms with Crippen molar-refractivity contribution in [2.75, 3.05) is 13.8 Å². The molecule has 0 radical (unpaired) electrons. The maximum absolute atomic E-state index is 13.0. The summed E-state index contributed by atoms with van der Waals surface area (Å²) < 4.78 is 11.0. The molecule has 0 spiro atoms. The van der Waals surface area contributed by atoms with E-state index < -0.39 is 12.1 Å². The van der Waals surface area contributed by atoms with Crippen LogP contribution in [0.5, 0.6) is 11.5 Å². The molecule has 0 aliphatic carbocycles. The molecular weight excluding hydrogens is 382 g/mol. The number of aromatic amines is 1. The lowest BCUT2D eigenvalue weighted by molar-refractivity contribution is -0.139. The second kappa shape index (κ2) is 6.95. The minimum Gasteiger partial charge on any atom is -0.454 e. The molecule has 0 bridgehead atoms. The predicted octanol–water partition coefficient (Wildman–Crippen LogP) is 2.67. The Balaban J connectivity index is 1.76. The van der Waals surface area contributed by atoms with Crippen LogP contribution in [0.3, 0.4) is 0 Å². The van der Waals surface area contributed by atoms with Crippen molar-refractivity contribution < 1.29 is 19.1 Å². The molecule has 1 aromatic heterocycles. The average Bonchev–Trinajstić information content (AvgIpc) is 3.40. The molecule has 30 heavy (non-hydrogen) atoms. The third-order valence-corrected chi connectivity index (χ3v) is 5.82. The summed E-state index contributed by atoms with van der Waals surface area (Å²) in [5.74, 6) is 0.761. The zero-order valence-electron chi connectivity index (χ0n) is 16.5. The molecule has 2 aromatic carbocycles. The molecule has 0 saturated carbocycles. The molecule has 3 aromatic rings. The van der Waals surface area contributed by atoms with Crippen molar-refractivity contribution in [2.45, 2.75) is 18.5 Å². The molecule has 2 aliphatic heterocycles. The Bertz CT molecular complexity index is 1180. The topological polar surface area (TPSA) is 83.7 Å². The Morgan fingerprint density at radius 1 is 1.20 bits per heavy atom. The van der Waals surface area contributed by atoms with E-state index in [4.69, 9.17) is 9.47 Å². The van der Waals surface area contributed by atoms with E-state index in [1.165, 1.54) is 6.08 Å². The van der Waals surface area contributed by atoms with Crippen LogP contribution in [0.4, 0.5) is 0 Å². The summed E-state index contributed by atoms with van der Waals surface area (Å²) >= 11 is 0. The molecule has 3 heterocycles. The van der Waals surface area contributed by atoms with Gasteiger partial charge in [0.25, 0.3) is 0 Å². The Morgan fingerprint density at radius 2 is 2.00 bits per heavy atom. The smallest absolute Gasteiger partial charge is 0.247 e. The quantitative estimate of drug-likeness (QED) is 0.659. The van der Waals surface area contributed by atoms with Gasteiger partial charge in [-0.25, -0.2) is 0 Å². The van der Waals surface area contributed by atoms with Crippen LogP contribution >= 0.6 is 0 Å². The van der Waals surface area contributed by atoms with Crippen molar-refractivity contribution in [3.63, 3.8) is 0 Å². The Morgan fingerprint density at radius 3 is 2.80 bits per heavy atom. The Kier molecular flexibility index (Phi) is 4.24. The van der Waals surface area contributed by atoms with E-state index in [9.17, 15) is 9.59 Å². The molecule has 0 unspecified atom stereocenters. The van der Waals surface area contributed by atoms with Crippen molar-refractivity contribution in [1.82, 2.24) is 15.2 Å². The van der Waals surface area contributed by atoms with Gasteiger partial charge in [0.1, 0.15) is 6.04 Å². The minimum atomic E-state index is -0.664. The van der Waals surface area contributed by atoms with E-state index in [1.807, 2.05) is 42.5 Å². The summed E-state index contributed by atoms with van der Waals surface area (Å²) in [6.07, 6.45) is 1.67. The number of benzene rings is 2.